The fourth-order valence-corrected chi connectivity index (χ4v) is 3.33. The van der Waals surface area contributed by atoms with Gasteiger partial charge in [-0.05, 0) is 68.3 Å². The summed E-state index contributed by atoms with van der Waals surface area (Å²) >= 11 is 0. The third-order valence-corrected chi connectivity index (χ3v) is 5.20. The van der Waals surface area contributed by atoms with Crippen molar-refractivity contribution in [2.24, 2.45) is 0 Å². The average Bonchev–Trinajstić information content (AvgIpc) is 2.82. The third kappa shape index (κ3) is 8.79. The number of aryl methyl sites for hydroxylation is 2. The minimum absolute atomic E-state index is 0.0525. The van der Waals surface area contributed by atoms with E-state index < -0.39 is 0 Å². The molecule has 33 heavy (non-hydrogen) atoms. The first-order valence-corrected chi connectivity index (χ1v) is 11.4. The van der Waals surface area contributed by atoms with Gasteiger partial charge in [-0.3, -0.25) is 4.79 Å². The van der Waals surface area contributed by atoms with Gasteiger partial charge in [-0.15, -0.1) is 0 Å². The van der Waals surface area contributed by atoms with Crippen LogP contribution in [0.5, 0.6) is 23.0 Å². The summed E-state index contributed by atoms with van der Waals surface area (Å²) in [6.07, 6.45) is 5.93. The molecule has 7 nitrogen and oxygen atoms in total. The standard InChI is InChI=1S/C26H36N2O5/c1-4-28-18-21-15-20(17-25(26(21)31)33-14-13-27-2)7-5-6-8-22(29)11-9-19-10-12-23(30)24(16-19)32-3/h6,8,10,12,15-17,27-28,30-31H,4-5,7,9,11,13-14,18H2,1-3H3. The Morgan fingerprint density at radius 1 is 1.09 bits per heavy atom. The number of carbonyl (C=O) groups is 1. The zero-order chi connectivity index (χ0) is 24.1. The van der Waals surface area contributed by atoms with Crippen molar-refractivity contribution in [3.8, 4) is 23.0 Å². The minimum atomic E-state index is 0.0525. The first-order chi connectivity index (χ1) is 16.0. The second kappa shape index (κ2) is 14.2. The topological polar surface area (TPSA) is 100 Å². The molecule has 0 saturated carbocycles. The van der Waals surface area contributed by atoms with E-state index in [2.05, 4.69) is 10.6 Å². The zero-order valence-electron chi connectivity index (χ0n) is 19.8. The summed E-state index contributed by atoms with van der Waals surface area (Å²) < 4.78 is 10.9. The van der Waals surface area contributed by atoms with Gasteiger partial charge in [0.15, 0.2) is 28.8 Å². The summed E-state index contributed by atoms with van der Waals surface area (Å²) in [5.74, 6) is 1.21. The number of ketones is 1. The maximum absolute atomic E-state index is 12.2. The molecule has 2 rings (SSSR count). The van der Waals surface area contributed by atoms with Crippen molar-refractivity contribution < 1.29 is 24.5 Å². The summed E-state index contributed by atoms with van der Waals surface area (Å²) in [5, 5.41) is 26.4. The van der Waals surface area contributed by atoms with E-state index in [9.17, 15) is 15.0 Å². The number of phenolic OH excluding ortho intramolecular Hbond substituents is 2. The molecule has 0 spiro atoms. The average molecular weight is 457 g/mol. The summed E-state index contributed by atoms with van der Waals surface area (Å²) in [6.45, 7) is 4.55. The SMILES string of the molecule is CCNCc1cc(CCC=CC(=O)CCc2ccc(O)c(OC)c2)cc(OCCNC)c1O. The van der Waals surface area contributed by atoms with Crippen LogP contribution in [0.2, 0.25) is 0 Å². The molecule has 0 atom stereocenters. The highest BCUT2D eigenvalue weighted by atomic mass is 16.5. The van der Waals surface area contributed by atoms with E-state index >= 15 is 0 Å². The number of benzene rings is 2. The Morgan fingerprint density at radius 3 is 2.61 bits per heavy atom. The number of rotatable bonds is 15. The van der Waals surface area contributed by atoms with E-state index in [0.717, 1.165) is 29.7 Å². The van der Waals surface area contributed by atoms with E-state index in [0.29, 0.717) is 50.5 Å². The minimum Gasteiger partial charge on any atom is -0.504 e. The molecule has 0 aliphatic heterocycles. The molecule has 0 heterocycles. The van der Waals surface area contributed by atoms with Gasteiger partial charge in [-0.1, -0.05) is 25.1 Å². The number of hydrogen-bond acceptors (Lipinski definition) is 7. The Bertz CT molecular complexity index is 927. The lowest BCUT2D eigenvalue weighted by Gasteiger charge is -2.14. The van der Waals surface area contributed by atoms with E-state index in [4.69, 9.17) is 9.47 Å². The Morgan fingerprint density at radius 2 is 1.88 bits per heavy atom. The predicted molar refractivity (Wildman–Crippen MR) is 130 cm³/mol. The third-order valence-electron chi connectivity index (χ3n) is 5.20. The fourth-order valence-electron chi connectivity index (χ4n) is 3.33. The molecule has 2 aromatic carbocycles. The normalized spacial score (nSPS) is 11.1. The predicted octanol–water partition coefficient (Wildman–Crippen LogP) is 3.50. The summed E-state index contributed by atoms with van der Waals surface area (Å²) in [4.78, 5) is 12.2. The molecule has 0 bridgehead atoms. The van der Waals surface area contributed by atoms with Crippen molar-refractivity contribution in [2.45, 2.75) is 39.2 Å². The number of methoxy groups -OCH3 is 1. The Hall–Kier alpha value is -3.03. The molecular weight excluding hydrogens is 420 g/mol. The van der Waals surface area contributed by atoms with Gasteiger partial charge >= 0.3 is 0 Å². The quantitative estimate of drug-likeness (QED) is 0.240. The lowest BCUT2D eigenvalue weighted by atomic mass is 10.0. The molecule has 0 saturated heterocycles. The van der Waals surface area contributed by atoms with Crippen molar-refractivity contribution in [3.63, 3.8) is 0 Å². The van der Waals surface area contributed by atoms with Gasteiger partial charge < -0.3 is 30.3 Å². The summed E-state index contributed by atoms with van der Waals surface area (Å²) in [6, 6.07) is 8.97. The van der Waals surface area contributed by atoms with E-state index in [1.165, 1.54) is 7.11 Å². The second-order valence-corrected chi connectivity index (χ2v) is 7.75. The summed E-state index contributed by atoms with van der Waals surface area (Å²) in [5.41, 5.74) is 2.79. The Balaban J connectivity index is 1.91. The number of aromatic hydroxyl groups is 2. The first kappa shape index (κ1) is 26.2. The number of nitrogens with one attached hydrogen (secondary N) is 2. The largest absolute Gasteiger partial charge is 0.504 e. The number of phenols is 2. The molecule has 0 amide bonds. The van der Waals surface area contributed by atoms with Crippen LogP contribution in [0, 0.1) is 0 Å². The van der Waals surface area contributed by atoms with Gasteiger partial charge in [0.05, 0.1) is 7.11 Å². The van der Waals surface area contributed by atoms with E-state index in [1.807, 2.05) is 32.2 Å². The van der Waals surface area contributed by atoms with Gasteiger partial charge in [0, 0.05) is 25.1 Å². The number of carbonyl (C=O) groups excluding carboxylic acids is 1. The van der Waals surface area contributed by atoms with E-state index in [1.54, 1.807) is 24.3 Å². The van der Waals surface area contributed by atoms with Crippen LogP contribution in [0.1, 0.15) is 36.5 Å². The van der Waals surface area contributed by atoms with Gasteiger partial charge in [-0.2, -0.15) is 0 Å². The number of ether oxygens (including phenoxy) is 2. The molecule has 180 valence electrons. The smallest absolute Gasteiger partial charge is 0.162 e. The van der Waals surface area contributed by atoms with Gasteiger partial charge in [0.25, 0.3) is 0 Å². The highest BCUT2D eigenvalue weighted by Gasteiger charge is 2.11. The molecule has 2 aromatic rings. The molecule has 0 unspecified atom stereocenters. The number of likely N-dealkylation sites (N-methyl/N-ethyl adjacent to an activating group) is 1. The highest BCUT2D eigenvalue weighted by molar-refractivity contribution is 5.89. The van der Waals surface area contributed by atoms with Gasteiger partial charge in [0.2, 0.25) is 0 Å². The molecule has 4 N–H and O–H groups in total. The van der Waals surface area contributed by atoms with Crippen molar-refractivity contribution in [1.82, 2.24) is 10.6 Å². The van der Waals surface area contributed by atoms with Crippen LogP contribution in [0.4, 0.5) is 0 Å². The van der Waals surface area contributed by atoms with Crippen molar-refractivity contribution >= 4 is 5.78 Å². The number of allylic oxidation sites excluding steroid dienone is 2. The molecule has 7 heteroatoms. The van der Waals surface area contributed by atoms with Crippen LogP contribution in [0.15, 0.2) is 42.5 Å². The highest BCUT2D eigenvalue weighted by Crippen LogP contribution is 2.32. The van der Waals surface area contributed by atoms with Crippen molar-refractivity contribution in [2.75, 3.05) is 33.9 Å². The Labute approximate surface area is 196 Å². The van der Waals surface area contributed by atoms with Gasteiger partial charge in [-0.25, -0.2) is 0 Å². The zero-order valence-corrected chi connectivity index (χ0v) is 19.8. The fraction of sp³-hybridized carbons (Fsp3) is 0.423. The molecule has 0 aliphatic rings. The molecule has 0 radical (unpaired) electrons. The maximum atomic E-state index is 12.2. The van der Waals surface area contributed by atoms with Crippen LogP contribution in [0.3, 0.4) is 0 Å². The molecule has 0 fully saturated rings. The maximum Gasteiger partial charge on any atom is 0.162 e. The molecule has 0 aliphatic carbocycles. The van der Waals surface area contributed by atoms with Crippen LogP contribution < -0.4 is 20.1 Å². The van der Waals surface area contributed by atoms with Crippen LogP contribution in [-0.4, -0.2) is 49.9 Å². The monoisotopic (exact) mass is 456 g/mol. The first-order valence-electron chi connectivity index (χ1n) is 11.4. The van der Waals surface area contributed by atoms with Crippen LogP contribution in [-0.2, 0) is 24.2 Å². The van der Waals surface area contributed by atoms with Crippen LogP contribution >= 0.6 is 0 Å². The lowest BCUT2D eigenvalue weighted by Crippen LogP contribution is -2.16. The van der Waals surface area contributed by atoms with Crippen molar-refractivity contribution in [1.29, 1.82) is 0 Å². The molecule has 0 aromatic heterocycles. The molecular formula is C26H36N2O5. The van der Waals surface area contributed by atoms with E-state index in [-0.39, 0.29) is 17.3 Å². The number of hydrogen-bond donors (Lipinski definition) is 4. The van der Waals surface area contributed by atoms with Crippen molar-refractivity contribution in [3.05, 3.63) is 59.2 Å². The second-order valence-electron chi connectivity index (χ2n) is 7.75. The Kier molecular flexibility index (Phi) is 11.3. The summed E-state index contributed by atoms with van der Waals surface area (Å²) in [7, 11) is 3.35. The van der Waals surface area contributed by atoms with Gasteiger partial charge in [0.1, 0.15) is 6.61 Å². The van der Waals surface area contributed by atoms with Crippen LogP contribution in [0.25, 0.3) is 0 Å². The lowest BCUT2D eigenvalue weighted by molar-refractivity contribution is -0.114.